The number of carbonyl (C=O) groups excluding carboxylic acids is 2. The number of hydrogen-bond donors (Lipinski definition) is 1. The van der Waals surface area contributed by atoms with Crippen LogP contribution < -0.4 is 10.8 Å². The zero-order valence-corrected chi connectivity index (χ0v) is 12.1. The minimum absolute atomic E-state index is 0.249. The molecule has 6 heteroatoms. The highest BCUT2D eigenvalue weighted by Gasteiger charge is 2.11. The molecule has 0 aliphatic carbocycles. The van der Waals surface area contributed by atoms with Crippen molar-refractivity contribution in [3.8, 4) is 0 Å². The van der Waals surface area contributed by atoms with Crippen molar-refractivity contribution in [1.82, 2.24) is 10.2 Å². The van der Waals surface area contributed by atoms with Crippen LogP contribution in [0.3, 0.4) is 0 Å². The summed E-state index contributed by atoms with van der Waals surface area (Å²) in [5.74, 6) is -0.764. The van der Waals surface area contributed by atoms with Crippen molar-refractivity contribution in [2.75, 3.05) is 34.3 Å². The number of nitrogens with one attached hydrogen (secondary N) is 1. The van der Waals surface area contributed by atoms with E-state index < -0.39 is 5.97 Å². The van der Waals surface area contributed by atoms with E-state index in [1.807, 2.05) is 19.0 Å². The SMILES string of the molecule is [B]c1cc(C(=O)NCCCN(C)C)cc(C(=O)OC)c1. The van der Waals surface area contributed by atoms with Crippen molar-refractivity contribution in [3.05, 3.63) is 29.3 Å². The van der Waals surface area contributed by atoms with E-state index in [0.29, 0.717) is 17.6 Å². The van der Waals surface area contributed by atoms with Crippen LogP contribution in [0.2, 0.25) is 0 Å². The van der Waals surface area contributed by atoms with Crippen LogP contribution in [-0.4, -0.2) is 58.9 Å². The molecule has 1 aromatic carbocycles. The van der Waals surface area contributed by atoms with Gasteiger partial charge in [0.25, 0.3) is 5.91 Å². The molecule has 1 aromatic rings. The maximum absolute atomic E-state index is 12.0. The van der Waals surface area contributed by atoms with Crippen LogP contribution in [-0.2, 0) is 4.74 Å². The summed E-state index contributed by atoms with van der Waals surface area (Å²) in [7, 11) is 10.9. The fraction of sp³-hybridized carbons (Fsp3) is 0.429. The summed E-state index contributed by atoms with van der Waals surface area (Å²) in [6, 6.07) is 4.49. The molecule has 0 saturated carbocycles. The van der Waals surface area contributed by atoms with Crippen LogP contribution in [0.4, 0.5) is 0 Å². The monoisotopic (exact) mass is 274 g/mol. The summed E-state index contributed by atoms with van der Waals surface area (Å²) in [5.41, 5.74) is 0.979. The Balaban J connectivity index is 2.68. The van der Waals surface area contributed by atoms with E-state index in [1.165, 1.54) is 25.3 Å². The molecule has 106 valence electrons. The zero-order chi connectivity index (χ0) is 15.1. The Kier molecular flexibility index (Phi) is 6.25. The standard InChI is InChI=1S/C14H19BN2O3/c1-17(2)6-4-5-16-13(18)10-7-11(14(19)20-3)9-12(15)8-10/h7-9H,4-6H2,1-3H3,(H,16,18). The Morgan fingerprint density at radius 3 is 2.50 bits per heavy atom. The van der Waals surface area contributed by atoms with Gasteiger partial charge in [-0.3, -0.25) is 4.79 Å². The molecular formula is C14H19BN2O3. The Bertz CT molecular complexity index is 489. The lowest BCUT2D eigenvalue weighted by Gasteiger charge is -2.10. The first-order valence-electron chi connectivity index (χ1n) is 6.36. The maximum atomic E-state index is 12.0. The van der Waals surface area contributed by atoms with Crippen LogP contribution in [0.1, 0.15) is 27.1 Å². The van der Waals surface area contributed by atoms with E-state index in [2.05, 4.69) is 10.1 Å². The first kappa shape index (κ1) is 16.2. The molecule has 0 aliphatic heterocycles. The molecule has 1 rings (SSSR count). The van der Waals surface area contributed by atoms with Gasteiger partial charge in [0.2, 0.25) is 0 Å². The largest absolute Gasteiger partial charge is 0.465 e. The van der Waals surface area contributed by atoms with Crippen LogP contribution in [0.25, 0.3) is 0 Å². The average molecular weight is 274 g/mol. The van der Waals surface area contributed by atoms with Gasteiger partial charge in [-0.05, 0) is 33.1 Å². The fourth-order valence-corrected chi connectivity index (χ4v) is 1.72. The third-order valence-corrected chi connectivity index (χ3v) is 2.71. The summed E-state index contributed by atoms with van der Waals surface area (Å²) >= 11 is 0. The third kappa shape index (κ3) is 5.05. The van der Waals surface area contributed by atoms with Gasteiger partial charge in [-0.1, -0.05) is 17.6 Å². The van der Waals surface area contributed by atoms with Gasteiger partial charge >= 0.3 is 5.97 Å². The van der Waals surface area contributed by atoms with Crippen molar-refractivity contribution in [2.24, 2.45) is 0 Å². The van der Waals surface area contributed by atoms with Gasteiger partial charge in [-0.2, -0.15) is 0 Å². The van der Waals surface area contributed by atoms with Gasteiger partial charge in [0.05, 0.1) is 12.7 Å². The Morgan fingerprint density at radius 2 is 1.90 bits per heavy atom. The van der Waals surface area contributed by atoms with E-state index in [4.69, 9.17) is 7.85 Å². The summed E-state index contributed by atoms with van der Waals surface area (Å²) < 4.78 is 4.62. The molecule has 20 heavy (non-hydrogen) atoms. The van der Waals surface area contributed by atoms with Crippen molar-refractivity contribution >= 4 is 25.2 Å². The van der Waals surface area contributed by atoms with Crippen molar-refractivity contribution < 1.29 is 14.3 Å². The molecular weight excluding hydrogens is 255 g/mol. The van der Waals surface area contributed by atoms with Gasteiger partial charge in [0.15, 0.2) is 0 Å². The summed E-state index contributed by atoms with van der Waals surface area (Å²) in [4.78, 5) is 25.5. The Labute approximate surface area is 120 Å². The Hall–Kier alpha value is -1.82. The average Bonchev–Trinajstić information content (AvgIpc) is 2.41. The normalized spacial score (nSPS) is 10.4. The summed E-state index contributed by atoms with van der Waals surface area (Å²) in [6.45, 7) is 1.46. The van der Waals surface area contributed by atoms with Crippen LogP contribution in [0.5, 0.6) is 0 Å². The van der Waals surface area contributed by atoms with E-state index in [9.17, 15) is 9.59 Å². The molecule has 0 spiro atoms. The molecule has 0 heterocycles. The molecule has 0 aromatic heterocycles. The first-order valence-corrected chi connectivity index (χ1v) is 6.36. The number of benzene rings is 1. The molecule has 0 fully saturated rings. The molecule has 0 aliphatic rings. The second kappa shape index (κ2) is 7.70. The molecule has 5 nitrogen and oxygen atoms in total. The maximum Gasteiger partial charge on any atom is 0.337 e. The number of methoxy groups -OCH3 is 1. The van der Waals surface area contributed by atoms with E-state index in [-0.39, 0.29) is 11.5 Å². The third-order valence-electron chi connectivity index (χ3n) is 2.71. The molecule has 0 unspecified atom stereocenters. The molecule has 1 amide bonds. The number of nitrogens with zero attached hydrogens (tertiary/aromatic N) is 1. The number of ether oxygens (including phenoxy) is 1. The number of rotatable bonds is 6. The topological polar surface area (TPSA) is 58.6 Å². The smallest absolute Gasteiger partial charge is 0.337 e. The van der Waals surface area contributed by atoms with Crippen molar-refractivity contribution in [3.63, 3.8) is 0 Å². The lowest BCUT2D eigenvalue weighted by atomic mass is 9.92. The number of hydrogen-bond acceptors (Lipinski definition) is 4. The summed E-state index contributed by atoms with van der Waals surface area (Å²) in [5, 5.41) is 2.79. The quantitative estimate of drug-likeness (QED) is 0.449. The fourth-order valence-electron chi connectivity index (χ4n) is 1.72. The van der Waals surface area contributed by atoms with Gasteiger partial charge in [-0.15, -0.1) is 0 Å². The highest BCUT2D eigenvalue weighted by molar-refractivity contribution is 6.33. The Morgan fingerprint density at radius 1 is 1.25 bits per heavy atom. The van der Waals surface area contributed by atoms with Crippen LogP contribution in [0.15, 0.2) is 18.2 Å². The molecule has 0 atom stereocenters. The minimum Gasteiger partial charge on any atom is -0.465 e. The second-order valence-electron chi connectivity index (χ2n) is 4.75. The molecule has 0 bridgehead atoms. The van der Waals surface area contributed by atoms with Gasteiger partial charge in [0.1, 0.15) is 7.85 Å². The minimum atomic E-state index is -0.515. The lowest BCUT2D eigenvalue weighted by Crippen LogP contribution is -2.28. The number of carbonyl (C=O) groups is 2. The van der Waals surface area contributed by atoms with Crippen molar-refractivity contribution in [1.29, 1.82) is 0 Å². The predicted octanol–water partition coefficient (Wildman–Crippen LogP) is -0.0515. The van der Waals surface area contributed by atoms with Gasteiger partial charge < -0.3 is 15.0 Å². The van der Waals surface area contributed by atoms with Gasteiger partial charge in [0, 0.05) is 12.1 Å². The van der Waals surface area contributed by atoms with E-state index >= 15 is 0 Å². The first-order chi connectivity index (χ1) is 9.43. The number of esters is 1. The van der Waals surface area contributed by atoms with E-state index in [1.54, 1.807) is 0 Å². The zero-order valence-electron chi connectivity index (χ0n) is 12.1. The molecule has 0 saturated heterocycles. The second-order valence-corrected chi connectivity index (χ2v) is 4.75. The van der Waals surface area contributed by atoms with Crippen LogP contribution in [0, 0.1) is 0 Å². The number of amides is 1. The highest BCUT2D eigenvalue weighted by Crippen LogP contribution is 2.05. The van der Waals surface area contributed by atoms with Crippen LogP contribution >= 0.6 is 0 Å². The van der Waals surface area contributed by atoms with Gasteiger partial charge in [-0.25, -0.2) is 4.79 Å². The van der Waals surface area contributed by atoms with E-state index in [0.717, 1.165) is 13.0 Å². The summed E-state index contributed by atoms with van der Waals surface area (Å²) in [6.07, 6.45) is 0.852. The van der Waals surface area contributed by atoms with Crippen molar-refractivity contribution in [2.45, 2.75) is 6.42 Å². The highest BCUT2D eigenvalue weighted by atomic mass is 16.5. The molecule has 2 radical (unpaired) electrons. The predicted molar refractivity (Wildman–Crippen MR) is 78.7 cm³/mol. The molecule has 1 N–H and O–H groups in total. The lowest BCUT2D eigenvalue weighted by molar-refractivity contribution is 0.0601.